The second-order valence-electron chi connectivity index (χ2n) is 4.51. The minimum absolute atomic E-state index is 0.0961. The van der Waals surface area contributed by atoms with Crippen molar-refractivity contribution in [3.05, 3.63) is 12.2 Å². The molecule has 0 amide bonds. The summed E-state index contributed by atoms with van der Waals surface area (Å²) in [4.78, 5) is 0. The summed E-state index contributed by atoms with van der Waals surface area (Å²) >= 11 is 0. The normalized spacial score (nSPS) is 44.9. The first-order chi connectivity index (χ1) is 5.45. The van der Waals surface area contributed by atoms with E-state index in [1.54, 1.807) is 0 Å². The van der Waals surface area contributed by atoms with E-state index >= 15 is 0 Å². The molecule has 2 heteroatoms. The Kier molecular flexibility index (Phi) is 1.46. The van der Waals surface area contributed by atoms with Crippen molar-refractivity contribution in [1.29, 1.82) is 0 Å². The van der Waals surface area contributed by atoms with Crippen LogP contribution in [0.2, 0.25) is 0 Å². The molecule has 2 atom stereocenters. The van der Waals surface area contributed by atoms with Crippen LogP contribution in [-0.2, 0) is 4.74 Å². The molecule has 2 rings (SSSR count). The summed E-state index contributed by atoms with van der Waals surface area (Å²) in [6, 6.07) is 0. The molecule has 1 aliphatic carbocycles. The highest BCUT2D eigenvalue weighted by Crippen LogP contribution is 2.48. The highest BCUT2D eigenvalue weighted by Gasteiger charge is 2.55. The Labute approximate surface area is 73.2 Å². The summed E-state index contributed by atoms with van der Waals surface area (Å²) < 4.78 is 5.74. The molecule has 1 heterocycles. The average Bonchev–Trinajstić information content (AvgIpc) is 2.14. The predicted molar refractivity (Wildman–Crippen MR) is 46.9 cm³/mol. The number of ether oxygens (including phenoxy) is 1. The number of aliphatic hydroxyl groups is 1. The molecule has 2 nitrogen and oxygen atoms in total. The molecule has 2 bridgehead atoms. The van der Waals surface area contributed by atoms with E-state index in [1.807, 2.05) is 13.8 Å². The third-order valence-corrected chi connectivity index (χ3v) is 3.40. The van der Waals surface area contributed by atoms with Crippen molar-refractivity contribution in [2.75, 3.05) is 0 Å². The highest BCUT2D eigenvalue weighted by atomic mass is 16.5. The monoisotopic (exact) mass is 168 g/mol. The van der Waals surface area contributed by atoms with Crippen molar-refractivity contribution in [3.63, 3.8) is 0 Å². The molecule has 1 aliphatic heterocycles. The first-order valence-corrected chi connectivity index (χ1v) is 4.52. The summed E-state index contributed by atoms with van der Waals surface area (Å²) in [5.74, 6) is 0. The molecule has 1 saturated carbocycles. The zero-order valence-electron chi connectivity index (χ0n) is 7.76. The molecule has 2 aliphatic rings. The molecule has 0 spiro atoms. The summed E-state index contributed by atoms with van der Waals surface area (Å²) in [7, 11) is 0. The molecule has 12 heavy (non-hydrogen) atoms. The Morgan fingerprint density at radius 2 is 2.25 bits per heavy atom. The van der Waals surface area contributed by atoms with E-state index in [2.05, 4.69) is 6.58 Å². The highest BCUT2D eigenvalue weighted by molar-refractivity contribution is 5.19. The summed E-state index contributed by atoms with van der Waals surface area (Å²) in [5, 5.41) is 10.2. The fourth-order valence-corrected chi connectivity index (χ4v) is 2.22. The molecule has 1 N–H and O–H groups in total. The second kappa shape index (κ2) is 2.12. The molecule has 0 aromatic heterocycles. The lowest BCUT2D eigenvalue weighted by Crippen LogP contribution is -2.46. The van der Waals surface area contributed by atoms with Gasteiger partial charge in [0, 0.05) is 6.42 Å². The van der Waals surface area contributed by atoms with Gasteiger partial charge >= 0.3 is 0 Å². The largest absolute Gasteiger partial charge is 0.387 e. The predicted octanol–water partition coefficient (Wildman–Crippen LogP) is 1.64. The van der Waals surface area contributed by atoms with Gasteiger partial charge in [-0.05, 0) is 32.3 Å². The van der Waals surface area contributed by atoms with Gasteiger partial charge in [-0.25, -0.2) is 0 Å². The van der Waals surface area contributed by atoms with Crippen LogP contribution < -0.4 is 0 Å². The standard InChI is InChI=1S/C10H16O2/c1-7-4-5-10(11)6-8(7)12-9(10,2)3/h8,11H,1,4-6H2,2-3H3. The number of hydrogen-bond donors (Lipinski definition) is 1. The van der Waals surface area contributed by atoms with E-state index in [-0.39, 0.29) is 6.10 Å². The molecule has 2 fully saturated rings. The molecule has 0 aromatic carbocycles. The van der Waals surface area contributed by atoms with E-state index in [1.165, 1.54) is 0 Å². The van der Waals surface area contributed by atoms with Gasteiger partial charge < -0.3 is 9.84 Å². The van der Waals surface area contributed by atoms with Gasteiger partial charge in [0.25, 0.3) is 0 Å². The van der Waals surface area contributed by atoms with Crippen LogP contribution in [0.3, 0.4) is 0 Å². The summed E-state index contributed by atoms with van der Waals surface area (Å²) in [6.45, 7) is 7.88. The van der Waals surface area contributed by atoms with E-state index in [0.717, 1.165) is 24.8 Å². The average molecular weight is 168 g/mol. The van der Waals surface area contributed by atoms with Crippen LogP contribution in [0.15, 0.2) is 12.2 Å². The fourth-order valence-electron chi connectivity index (χ4n) is 2.22. The zero-order chi connectivity index (χ0) is 8.98. The third-order valence-electron chi connectivity index (χ3n) is 3.40. The maximum absolute atomic E-state index is 10.2. The van der Waals surface area contributed by atoms with Crippen molar-refractivity contribution >= 4 is 0 Å². The van der Waals surface area contributed by atoms with Gasteiger partial charge in [-0.3, -0.25) is 0 Å². The van der Waals surface area contributed by atoms with Gasteiger partial charge in [0.15, 0.2) is 0 Å². The van der Waals surface area contributed by atoms with Gasteiger partial charge in [0.1, 0.15) is 0 Å². The first kappa shape index (κ1) is 8.27. The molecular formula is C10H16O2. The summed E-state index contributed by atoms with van der Waals surface area (Å²) in [5.41, 5.74) is 0.140. The van der Waals surface area contributed by atoms with Gasteiger partial charge in [0.2, 0.25) is 0 Å². The Balaban J connectivity index is 2.33. The van der Waals surface area contributed by atoms with Gasteiger partial charge in [-0.2, -0.15) is 0 Å². The van der Waals surface area contributed by atoms with E-state index in [9.17, 15) is 5.11 Å². The van der Waals surface area contributed by atoms with Gasteiger partial charge in [-0.15, -0.1) is 0 Å². The van der Waals surface area contributed by atoms with Crippen molar-refractivity contribution in [2.45, 2.75) is 50.4 Å². The Morgan fingerprint density at radius 3 is 2.83 bits per heavy atom. The van der Waals surface area contributed by atoms with Gasteiger partial charge in [-0.1, -0.05) is 6.58 Å². The third kappa shape index (κ3) is 0.882. The Hall–Kier alpha value is -0.340. The quantitative estimate of drug-likeness (QED) is 0.557. The molecular weight excluding hydrogens is 152 g/mol. The molecule has 68 valence electrons. The van der Waals surface area contributed by atoms with Crippen LogP contribution in [0.4, 0.5) is 0 Å². The first-order valence-electron chi connectivity index (χ1n) is 4.52. The van der Waals surface area contributed by atoms with Crippen molar-refractivity contribution in [1.82, 2.24) is 0 Å². The number of rotatable bonds is 0. The minimum Gasteiger partial charge on any atom is -0.387 e. The number of fused-ring (bicyclic) bond motifs is 2. The lowest BCUT2D eigenvalue weighted by Gasteiger charge is -2.35. The van der Waals surface area contributed by atoms with Crippen LogP contribution in [-0.4, -0.2) is 22.4 Å². The lowest BCUT2D eigenvalue weighted by atomic mass is 9.76. The maximum Gasteiger partial charge on any atom is 0.0961 e. The smallest absolute Gasteiger partial charge is 0.0961 e. The SMILES string of the molecule is C=C1CCC2(O)CC1OC2(C)C. The van der Waals surface area contributed by atoms with Crippen LogP contribution in [0, 0.1) is 0 Å². The molecule has 0 radical (unpaired) electrons. The molecule has 1 saturated heterocycles. The fraction of sp³-hybridized carbons (Fsp3) is 0.800. The van der Waals surface area contributed by atoms with Crippen molar-refractivity contribution < 1.29 is 9.84 Å². The minimum atomic E-state index is -0.612. The maximum atomic E-state index is 10.2. The topological polar surface area (TPSA) is 29.5 Å². The van der Waals surface area contributed by atoms with Crippen molar-refractivity contribution in [2.24, 2.45) is 0 Å². The summed E-state index contributed by atoms with van der Waals surface area (Å²) in [6.07, 6.45) is 2.54. The van der Waals surface area contributed by atoms with E-state index in [4.69, 9.17) is 4.74 Å². The lowest BCUT2D eigenvalue weighted by molar-refractivity contribution is -0.101. The Morgan fingerprint density at radius 1 is 1.58 bits per heavy atom. The van der Waals surface area contributed by atoms with Crippen molar-refractivity contribution in [3.8, 4) is 0 Å². The van der Waals surface area contributed by atoms with Crippen LogP contribution in [0.25, 0.3) is 0 Å². The van der Waals surface area contributed by atoms with Gasteiger partial charge in [0.05, 0.1) is 17.3 Å². The number of hydrogen-bond acceptors (Lipinski definition) is 2. The van der Waals surface area contributed by atoms with E-state index in [0.29, 0.717) is 0 Å². The second-order valence-corrected chi connectivity index (χ2v) is 4.51. The Bertz CT molecular complexity index is 230. The molecule has 0 aromatic rings. The van der Waals surface area contributed by atoms with Crippen LogP contribution >= 0.6 is 0 Å². The molecule has 2 unspecified atom stereocenters. The van der Waals surface area contributed by atoms with Crippen LogP contribution in [0.5, 0.6) is 0 Å². The van der Waals surface area contributed by atoms with Crippen LogP contribution in [0.1, 0.15) is 33.1 Å². The van der Waals surface area contributed by atoms with E-state index < -0.39 is 11.2 Å². The zero-order valence-corrected chi connectivity index (χ0v) is 7.76.